The molecule has 2 rings (SSSR count). The molecule has 34 valence electrons. The summed E-state index contributed by atoms with van der Waals surface area (Å²) in [4.78, 5) is 0. The van der Waals surface area contributed by atoms with Crippen LogP contribution in [0.4, 0.5) is 0 Å². The normalized spacial score (nSPS) is 33.1. The van der Waals surface area contributed by atoms with E-state index in [0.29, 0.717) is 0 Å². The van der Waals surface area contributed by atoms with Crippen molar-refractivity contribution < 1.29 is 0 Å². The van der Waals surface area contributed by atoms with Gasteiger partial charge in [0.2, 0.25) is 0 Å². The lowest BCUT2D eigenvalue weighted by Crippen LogP contribution is -1.84. The molecule has 0 fully saturated rings. The second-order valence-electron chi connectivity index (χ2n) is 2.10. The topological polar surface area (TPSA) is 0 Å². The van der Waals surface area contributed by atoms with Gasteiger partial charge >= 0.3 is 0 Å². The Morgan fingerprint density at radius 1 is 1.71 bits per heavy atom. The lowest BCUT2D eigenvalue weighted by Gasteiger charge is -1.89. The van der Waals surface area contributed by atoms with Crippen molar-refractivity contribution in [2.45, 2.75) is 6.42 Å². The summed E-state index contributed by atoms with van der Waals surface area (Å²) in [6, 6.07) is 0. The Labute approximate surface area is 43.5 Å². The molecule has 0 aromatic rings. The fourth-order valence-electron chi connectivity index (χ4n) is 0.972. The van der Waals surface area contributed by atoms with E-state index in [4.69, 9.17) is 0 Å². The highest BCUT2D eigenvalue weighted by molar-refractivity contribution is 5.43. The van der Waals surface area contributed by atoms with E-state index >= 15 is 0 Å². The number of fused-ring (bicyclic) bond motifs is 1. The van der Waals surface area contributed by atoms with Crippen molar-refractivity contribution in [3.05, 3.63) is 30.2 Å². The highest BCUT2D eigenvalue weighted by Gasteiger charge is 2.29. The number of allylic oxidation sites excluding steroid dienone is 4. The fraction of sp³-hybridized carbons (Fsp3) is 0.286. The largest absolute Gasteiger partial charge is 0.0943 e. The monoisotopic (exact) mass is 91.1 g/mol. The Bertz CT molecular complexity index is 140. The van der Waals surface area contributed by atoms with Crippen LogP contribution < -0.4 is 0 Å². The molecule has 0 spiro atoms. The lowest BCUT2D eigenvalue weighted by molar-refractivity contribution is 0.869. The molecule has 0 nitrogen and oxygen atoms in total. The summed E-state index contributed by atoms with van der Waals surface area (Å²) in [7, 11) is 0. The van der Waals surface area contributed by atoms with Gasteiger partial charge in [-0.1, -0.05) is 0 Å². The number of hydrogen-bond donors (Lipinski definition) is 0. The van der Waals surface area contributed by atoms with E-state index in [-0.39, 0.29) is 0 Å². The van der Waals surface area contributed by atoms with Crippen LogP contribution in [0, 0.1) is 12.3 Å². The van der Waals surface area contributed by atoms with Crippen LogP contribution in [0.3, 0.4) is 0 Å². The molecule has 2 aliphatic rings. The second-order valence-corrected chi connectivity index (χ2v) is 2.10. The van der Waals surface area contributed by atoms with Gasteiger partial charge in [-0.15, -0.1) is 0 Å². The van der Waals surface area contributed by atoms with Crippen molar-refractivity contribution in [1.82, 2.24) is 0 Å². The van der Waals surface area contributed by atoms with Gasteiger partial charge in [0.25, 0.3) is 0 Å². The fourth-order valence-corrected chi connectivity index (χ4v) is 0.972. The zero-order valence-electron chi connectivity index (χ0n) is 4.09. The van der Waals surface area contributed by atoms with Gasteiger partial charge in [-0.05, 0) is 6.08 Å². The maximum absolute atomic E-state index is 2.31. The highest BCUT2D eigenvalue weighted by Crippen LogP contribution is 2.36. The quantitative estimate of drug-likeness (QED) is 0.398. The van der Waals surface area contributed by atoms with Crippen LogP contribution >= 0.6 is 0 Å². The minimum Gasteiger partial charge on any atom is -0.0488 e. The van der Waals surface area contributed by atoms with E-state index in [1.54, 1.807) is 5.57 Å². The molecule has 0 heteroatoms. The van der Waals surface area contributed by atoms with Crippen molar-refractivity contribution in [3.63, 3.8) is 0 Å². The maximum atomic E-state index is 2.31. The summed E-state index contributed by atoms with van der Waals surface area (Å²) in [5.41, 5.74) is 1.54. The van der Waals surface area contributed by atoms with E-state index in [1.165, 1.54) is 6.42 Å². The van der Waals surface area contributed by atoms with Crippen molar-refractivity contribution in [1.29, 1.82) is 0 Å². The van der Waals surface area contributed by atoms with E-state index < -0.39 is 0 Å². The smallest absolute Gasteiger partial charge is 0.0488 e. The van der Waals surface area contributed by atoms with Gasteiger partial charge in [0.1, 0.15) is 0 Å². The van der Waals surface area contributed by atoms with Gasteiger partial charge in [0.15, 0.2) is 0 Å². The molecule has 0 aromatic heterocycles. The summed E-state index contributed by atoms with van der Waals surface area (Å²) >= 11 is 0. The van der Waals surface area contributed by atoms with Gasteiger partial charge in [0.05, 0.1) is 12.2 Å². The van der Waals surface area contributed by atoms with Gasteiger partial charge < -0.3 is 0 Å². The average molecular weight is 91.1 g/mol. The van der Waals surface area contributed by atoms with Crippen LogP contribution in [0.15, 0.2) is 23.8 Å². The minimum absolute atomic E-state index is 0.852. The van der Waals surface area contributed by atoms with Gasteiger partial charge in [-0.3, -0.25) is 0 Å². The summed E-state index contributed by atoms with van der Waals surface area (Å²) in [6.45, 7) is 0. The van der Waals surface area contributed by atoms with Crippen molar-refractivity contribution >= 4 is 0 Å². The van der Waals surface area contributed by atoms with Gasteiger partial charge in [-0.2, -0.15) is 0 Å². The summed E-state index contributed by atoms with van der Waals surface area (Å²) in [5.74, 6) is 0.852. The first-order valence-corrected chi connectivity index (χ1v) is 2.68. The molecule has 1 unspecified atom stereocenters. The van der Waals surface area contributed by atoms with Gasteiger partial charge in [-0.25, -0.2) is 0 Å². The minimum atomic E-state index is 0.852. The maximum Gasteiger partial charge on any atom is 0.0943 e. The third kappa shape index (κ3) is 0.394. The standard InChI is InChI=1S/C7H7/c1-2-4-7-5-6(7)3-1/h1-3,5,7H,4H2/q+1. The molecule has 0 aromatic carbocycles. The van der Waals surface area contributed by atoms with Crippen LogP contribution in [-0.4, -0.2) is 0 Å². The van der Waals surface area contributed by atoms with E-state index in [1.807, 2.05) is 0 Å². The van der Waals surface area contributed by atoms with Crippen LogP contribution in [0.1, 0.15) is 6.42 Å². The molecule has 0 aliphatic heterocycles. The first-order chi connectivity index (χ1) is 3.47. The van der Waals surface area contributed by atoms with E-state index in [0.717, 1.165) is 5.92 Å². The first kappa shape index (κ1) is 3.36. The van der Waals surface area contributed by atoms with E-state index in [2.05, 4.69) is 24.6 Å². The molecular formula is C7H7+. The molecule has 0 N–H and O–H groups in total. The third-order valence-electron chi connectivity index (χ3n) is 1.53. The average Bonchev–Trinajstić information content (AvgIpc) is 2.41. The molecular weight excluding hydrogens is 84.1 g/mol. The molecule has 2 aliphatic carbocycles. The molecule has 1 atom stereocenters. The predicted octanol–water partition coefficient (Wildman–Crippen LogP) is 1.71. The predicted molar refractivity (Wildman–Crippen MR) is 29.6 cm³/mol. The lowest BCUT2D eigenvalue weighted by atomic mass is 10.1. The molecule has 7 heavy (non-hydrogen) atoms. The van der Waals surface area contributed by atoms with Crippen molar-refractivity contribution in [3.8, 4) is 0 Å². The molecule has 0 heterocycles. The Morgan fingerprint density at radius 3 is 3.29 bits per heavy atom. The number of hydrogen-bond acceptors (Lipinski definition) is 0. The zero-order valence-corrected chi connectivity index (χ0v) is 4.09. The third-order valence-corrected chi connectivity index (χ3v) is 1.53. The van der Waals surface area contributed by atoms with Crippen LogP contribution in [0.25, 0.3) is 0 Å². The summed E-state index contributed by atoms with van der Waals surface area (Å²) in [6.07, 6.45) is 10.1. The Morgan fingerprint density at radius 2 is 2.71 bits per heavy atom. The summed E-state index contributed by atoms with van der Waals surface area (Å²) < 4.78 is 0. The molecule has 0 saturated heterocycles. The Balaban J connectivity index is 2.23. The van der Waals surface area contributed by atoms with E-state index in [9.17, 15) is 0 Å². The molecule has 0 saturated carbocycles. The Hall–Kier alpha value is -0.650. The summed E-state index contributed by atoms with van der Waals surface area (Å²) in [5, 5.41) is 0. The van der Waals surface area contributed by atoms with Crippen molar-refractivity contribution in [2.75, 3.05) is 0 Å². The zero-order chi connectivity index (χ0) is 4.69. The highest BCUT2D eigenvalue weighted by atomic mass is 14.3. The SMILES string of the molecule is C1=CC2=CC2C[CH+]1. The van der Waals surface area contributed by atoms with Crippen molar-refractivity contribution in [2.24, 2.45) is 5.92 Å². The first-order valence-electron chi connectivity index (χ1n) is 2.68. The van der Waals surface area contributed by atoms with Crippen LogP contribution in [-0.2, 0) is 0 Å². The van der Waals surface area contributed by atoms with Gasteiger partial charge in [0, 0.05) is 24.3 Å². The second kappa shape index (κ2) is 0.945. The van der Waals surface area contributed by atoms with Crippen LogP contribution in [0.5, 0.6) is 0 Å². The van der Waals surface area contributed by atoms with Crippen LogP contribution in [0.2, 0.25) is 0 Å². The molecule has 0 amide bonds. The molecule has 0 radical (unpaired) electrons. The number of rotatable bonds is 0. The Kier molecular flexibility index (Phi) is 0.454. The molecule has 0 bridgehead atoms.